The molecule has 0 saturated carbocycles. The minimum absolute atomic E-state index is 0. The summed E-state index contributed by atoms with van der Waals surface area (Å²) in [6.45, 7) is 0. The Bertz CT molecular complexity index is 573. The third-order valence-electron chi connectivity index (χ3n) is 2.11. The number of hydrogen-bond acceptors (Lipinski definition) is 4. The number of oxazole rings is 1. The van der Waals surface area contributed by atoms with E-state index < -0.39 is 0 Å². The van der Waals surface area contributed by atoms with Gasteiger partial charge in [0.25, 0.3) is 0 Å². The van der Waals surface area contributed by atoms with Crippen molar-refractivity contribution < 1.29 is 13.9 Å². The molecule has 0 atom stereocenters. The van der Waals surface area contributed by atoms with Crippen LogP contribution in [-0.4, -0.2) is 35.4 Å². The van der Waals surface area contributed by atoms with Crippen molar-refractivity contribution in [2.75, 3.05) is 7.11 Å². The van der Waals surface area contributed by atoms with Crippen LogP contribution in [0.5, 0.6) is 5.75 Å². The zero-order chi connectivity index (χ0) is 12.4. The van der Waals surface area contributed by atoms with Crippen LogP contribution in [0.25, 0.3) is 11.5 Å². The number of carbonyl (C=O) groups excluding carboxylic acids is 1. The molecule has 0 aliphatic heterocycles. The number of aldehydes is 1. The van der Waals surface area contributed by atoms with Gasteiger partial charge in [0.2, 0.25) is 5.89 Å². The fourth-order valence-corrected chi connectivity index (χ4v) is 2.95. The first-order chi connectivity index (χ1) is 8.15. The molecule has 0 saturated heterocycles. The van der Waals surface area contributed by atoms with E-state index in [1.165, 1.54) is 6.20 Å². The molecule has 2 rings (SSSR count). The van der Waals surface area contributed by atoms with E-state index in [4.69, 9.17) is 9.15 Å². The van der Waals surface area contributed by atoms with Crippen LogP contribution in [0.3, 0.4) is 0 Å². The van der Waals surface area contributed by atoms with E-state index in [2.05, 4.69) is 43.5 Å². The second kappa shape index (κ2) is 6.70. The average molecular weight is 487 g/mol. The number of methoxy groups -OCH3 is 1. The van der Waals surface area contributed by atoms with Crippen molar-refractivity contribution >= 4 is 61.9 Å². The Hall–Kier alpha value is -0.371. The quantitative estimate of drug-likeness (QED) is 0.380. The van der Waals surface area contributed by atoms with Crippen molar-refractivity contribution in [3.05, 3.63) is 32.1 Å². The summed E-state index contributed by atoms with van der Waals surface area (Å²) in [6.07, 6.45) is 2.02. The van der Waals surface area contributed by atoms with Crippen LogP contribution in [0.1, 0.15) is 10.6 Å². The van der Waals surface area contributed by atoms with Gasteiger partial charge in [-0.3, -0.25) is 4.79 Å². The Morgan fingerprint density at radius 2 is 2.22 bits per heavy atom. The fourth-order valence-electron chi connectivity index (χ4n) is 1.32. The zero-order valence-corrected chi connectivity index (χ0v) is 14.6. The summed E-state index contributed by atoms with van der Waals surface area (Å²) in [4.78, 5) is 14.6. The second-order valence-corrected chi connectivity index (χ2v) is 5.17. The van der Waals surface area contributed by atoms with Gasteiger partial charge < -0.3 is 9.15 Å². The van der Waals surface area contributed by atoms with Gasteiger partial charge in [0.1, 0.15) is 5.75 Å². The van der Waals surface area contributed by atoms with Crippen molar-refractivity contribution in [1.82, 2.24) is 4.98 Å². The average Bonchev–Trinajstić information content (AvgIpc) is 2.78. The normalized spacial score (nSPS) is 9.72. The van der Waals surface area contributed by atoms with E-state index >= 15 is 0 Å². The Kier molecular flexibility index (Phi) is 5.84. The van der Waals surface area contributed by atoms with Gasteiger partial charge >= 0.3 is 0 Å². The predicted molar refractivity (Wildman–Crippen MR) is 80.0 cm³/mol. The van der Waals surface area contributed by atoms with Gasteiger partial charge in [0.15, 0.2) is 12.0 Å². The van der Waals surface area contributed by atoms with Crippen LogP contribution in [0.15, 0.2) is 27.2 Å². The Labute approximate surface area is 136 Å². The summed E-state index contributed by atoms with van der Waals surface area (Å²) in [6, 6.07) is 3.71. The number of nitrogens with zero attached hydrogens (tertiary/aromatic N) is 1. The van der Waals surface area contributed by atoms with Crippen LogP contribution >= 0.6 is 38.5 Å². The summed E-state index contributed by atoms with van der Waals surface area (Å²) in [5.41, 5.74) is 0.791. The van der Waals surface area contributed by atoms with Crippen molar-refractivity contribution in [2.24, 2.45) is 0 Å². The van der Waals surface area contributed by atoms with Gasteiger partial charge in [-0.1, -0.05) is 0 Å². The molecule has 0 aliphatic rings. The Morgan fingerprint density at radius 1 is 1.50 bits per heavy atom. The Morgan fingerprint density at radius 3 is 2.78 bits per heavy atom. The van der Waals surface area contributed by atoms with E-state index in [0.29, 0.717) is 17.9 Å². The molecule has 1 aromatic heterocycles. The molecular weight excluding hydrogens is 480 g/mol. The topological polar surface area (TPSA) is 52.3 Å². The molecule has 7 heteroatoms. The molecule has 0 amide bonds. The first-order valence-corrected chi connectivity index (χ1v) is 6.47. The summed E-state index contributed by atoms with van der Waals surface area (Å²) in [7, 11) is 1.59. The number of carbonyl (C=O) groups is 1. The maximum absolute atomic E-state index is 10.5. The maximum Gasteiger partial charge on any atom is 0.228 e. The summed E-state index contributed by atoms with van der Waals surface area (Å²) >= 11 is 5.57. The van der Waals surface area contributed by atoms with E-state index in [9.17, 15) is 4.79 Å². The summed E-state index contributed by atoms with van der Waals surface area (Å²) < 4.78 is 12.3. The molecule has 2 radical (unpaired) electrons. The summed E-state index contributed by atoms with van der Waals surface area (Å²) in [5, 5.41) is 0. The Balaban J connectivity index is 0.00000162. The van der Waals surface area contributed by atoms with Crippen molar-refractivity contribution in [3.63, 3.8) is 0 Å². The van der Waals surface area contributed by atoms with Crippen LogP contribution < -0.4 is 4.74 Å². The molecule has 1 heterocycles. The molecule has 1 aromatic carbocycles. The van der Waals surface area contributed by atoms with E-state index in [1.807, 2.05) is 12.1 Å². The summed E-state index contributed by atoms with van der Waals surface area (Å²) in [5.74, 6) is 1.30. The SMILES string of the molecule is COc1cc(-c2ncc(C=O)o2)c(I)cc1Br.[Se]. The first kappa shape index (κ1) is 15.7. The number of ether oxygens (including phenoxy) is 1. The maximum atomic E-state index is 10.5. The fraction of sp³-hybridized carbons (Fsp3) is 0.0909. The van der Waals surface area contributed by atoms with Gasteiger partial charge in [0.05, 0.1) is 23.3 Å². The molecule has 2 aromatic rings. The van der Waals surface area contributed by atoms with Crippen LogP contribution in [0, 0.1) is 3.57 Å². The number of hydrogen-bond donors (Lipinski definition) is 0. The van der Waals surface area contributed by atoms with E-state index in [-0.39, 0.29) is 22.8 Å². The third-order valence-corrected chi connectivity index (χ3v) is 3.62. The number of aromatic nitrogens is 1. The predicted octanol–water partition coefficient (Wildman–Crippen LogP) is 3.15. The van der Waals surface area contributed by atoms with E-state index in [1.54, 1.807) is 7.11 Å². The monoisotopic (exact) mass is 487 g/mol. The largest absolute Gasteiger partial charge is 0.496 e. The molecule has 4 nitrogen and oxygen atoms in total. The van der Waals surface area contributed by atoms with Crippen LogP contribution in [0.4, 0.5) is 0 Å². The van der Waals surface area contributed by atoms with Crippen LogP contribution in [0.2, 0.25) is 0 Å². The molecule has 0 unspecified atom stereocenters. The molecule has 0 N–H and O–H groups in total. The molecule has 0 spiro atoms. The second-order valence-electron chi connectivity index (χ2n) is 3.15. The minimum Gasteiger partial charge on any atom is -0.496 e. The number of benzene rings is 1. The number of halogens is 2. The van der Waals surface area contributed by atoms with Crippen molar-refractivity contribution in [3.8, 4) is 17.2 Å². The van der Waals surface area contributed by atoms with Gasteiger partial charge in [-0.2, -0.15) is 0 Å². The molecular formula is C11H7BrINO3Se. The minimum atomic E-state index is 0. The van der Waals surface area contributed by atoms with Gasteiger partial charge in [0, 0.05) is 20.6 Å². The molecule has 0 aliphatic carbocycles. The zero-order valence-electron chi connectivity index (χ0n) is 9.15. The smallest absolute Gasteiger partial charge is 0.228 e. The molecule has 0 fully saturated rings. The molecule has 94 valence electrons. The van der Waals surface area contributed by atoms with E-state index in [0.717, 1.165) is 13.6 Å². The molecule has 0 bridgehead atoms. The van der Waals surface area contributed by atoms with Crippen molar-refractivity contribution in [2.45, 2.75) is 0 Å². The first-order valence-electron chi connectivity index (χ1n) is 4.60. The van der Waals surface area contributed by atoms with Gasteiger partial charge in [-0.25, -0.2) is 4.98 Å². The van der Waals surface area contributed by atoms with Crippen molar-refractivity contribution in [1.29, 1.82) is 0 Å². The third kappa shape index (κ3) is 3.14. The van der Waals surface area contributed by atoms with Gasteiger partial charge in [-0.15, -0.1) is 0 Å². The van der Waals surface area contributed by atoms with Gasteiger partial charge in [-0.05, 0) is 50.7 Å². The number of rotatable bonds is 3. The van der Waals surface area contributed by atoms with Crippen LogP contribution in [-0.2, 0) is 0 Å². The standard InChI is InChI=1S/C11H7BrINO3.Se/c1-16-10-2-7(9(13)3-8(10)12)11-14-4-6(5-15)17-11;/h2-5H,1H3;. The molecule has 18 heavy (non-hydrogen) atoms.